The summed E-state index contributed by atoms with van der Waals surface area (Å²) in [7, 11) is 2.07. The number of ether oxygens (including phenoxy) is 2. The molecular weight excluding hydrogens is 232 g/mol. The van der Waals surface area contributed by atoms with Crippen LogP contribution in [0.25, 0.3) is 0 Å². The average Bonchev–Trinajstić information content (AvgIpc) is 2.76. The number of likely N-dealkylation sites (tertiary alicyclic amines) is 1. The van der Waals surface area contributed by atoms with Crippen LogP contribution in [0.15, 0.2) is 18.3 Å². The lowest BCUT2D eigenvalue weighted by Crippen LogP contribution is -2.21. The maximum absolute atomic E-state index is 11.4. The molecule has 1 aromatic heterocycles. The standard InChI is InChI=1S/C13H18N2O3/c1-3-17-13(16)10-4-5-12(14-8-10)18-11-6-7-15(2)9-11/h4-5,8,11H,3,6-7,9H2,1-2H3. The first-order valence-corrected chi connectivity index (χ1v) is 6.17. The Hall–Kier alpha value is -1.62. The zero-order valence-electron chi connectivity index (χ0n) is 10.8. The summed E-state index contributed by atoms with van der Waals surface area (Å²) < 4.78 is 10.6. The van der Waals surface area contributed by atoms with E-state index in [9.17, 15) is 4.79 Å². The molecule has 0 spiro atoms. The van der Waals surface area contributed by atoms with Crippen molar-refractivity contribution in [3.8, 4) is 5.88 Å². The smallest absolute Gasteiger partial charge is 0.339 e. The van der Waals surface area contributed by atoms with Crippen molar-refractivity contribution < 1.29 is 14.3 Å². The van der Waals surface area contributed by atoms with Gasteiger partial charge in [-0.15, -0.1) is 0 Å². The zero-order chi connectivity index (χ0) is 13.0. The molecule has 5 heteroatoms. The van der Waals surface area contributed by atoms with Gasteiger partial charge in [0.2, 0.25) is 5.88 Å². The molecule has 98 valence electrons. The van der Waals surface area contributed by atoms with Gasteiger partial charge in [0.25, 0.3) is 0 Å². The quantitative estimate of drug-likeness (QED) is 0.755. The van der Waals surface area contributed by atoms with E-state index in [0.29, 0.717) is 18.1 Å². The van der Waals surface area contributed by atoms with Gasteiger partial charge in [-0.05, 0) is 26.5 Å². The van der Waals surface area contributed by atoms with Crippen molar-refractivity contribution in [2.45, 2.75) is 19.4 Å². The highest BCUT2D eigenvalue weighted by Gasteiger charge is 2.21. The molecule has 2 heterocycles. The normalized spacial score (nSPS) is 19.8. The highest BCUT2D eigenvalue weighted by Crippen LogP contribution is 2.15. The number of aromatic nitrogens is 1. The molecule has 1 aromatic rings. The van der Waals surface area contributed by atoms with E-state index in [1.165, 1.54) is 6.20 Å². The van der Waals surface area contributed by atoms with E-state index >= 15 is 0 Å². The average molecular weight is 250 g/mol. The summed E-state index contributed by atoms with van der Waals surface area (Å²) in [6.45, 7) is 4.11. The van der Waals surface area contributed by atoms with E-state index in [4.69, 9.17) is 9.47 Å². The lowest BCUT2D eigenvalue weighted by molar-refractivity contribution is 0.0525. The molecule has 2 rings (SSSR count). The van der Waals surface area contributed by atoms with Gasteiger partial charge < -0.3 is 14.4 Å². The summed E-state index contributed by atoms with van der Waals surface area (Å²) in [5, 5.41) is 0. The van der Waals surface area contributed by atoms with Crippen molar-refractivity contribution in [1.82, 2.24) is 9.88 Å². The number of carbonyl (C=O) groups is 1. The number of esters is 1. The fraction of sp³-hybridized carbons (Fsp3) is 0.538. The van der Waals surface area contributed by atoms with Crippen LogP contribution >= 0.6 is 0 Å². The van der Waals surface area contributed by atoms with Crippen LogP contribution < -0.4 is 4.74 Å². The molecule has 1 fully saturated rings. The summed E-state index contributed by atoms with van der Waals surface area (Å²) in [5.74, 6) is 0.209. The number of likely N-dealkylation sites (N-methyl/N-ethyl adjacent to an activating group) is 1. The highest BCUT2D eigenvalue weighted by atomic mass is 16.5. The van der Waals surface area contributed by atoms with Gasteiger partial charge in [0.1, 0.15) is 6.10 Å². The number of hydrogen-bond donors (Lipinski definition) is 0. The third-order valence-corrected chi connectivity index (χ3v) is 2.88. The lowest BCUT2D eigenvalue weighted by Gasteiger charge is -2.12. The van der Waals surface area contributed by atoms with E-state index < -0.39 is 0 Å². The second kappa shape index (κ2) is 5.82. The Labute approximate surface area is 107 Å². The van der Waals surface area contributed by atoms with Crippen LogP contribution in [0.3, 0.4) is 0 Å². The van der Waals surface area contributed by atoms with Crippen LogP contribution in [0.4, 0.5) is 0 Å². The van der Waals surface area contributed by atoms with Gasteiger partial charge in [-0.3, -0.25) is 0 Å². The van der Waals surface area contributed by atoms with Crippen LogP contribution in [0, 0.1) is 0 Å². The molecule has 1 unspecified atom stereocenters. The Morgan fingerprint density at radius 2 is 2.39 bits per heavy atom. The van der Waals surface area contributed by atoms with Crippen molar-refractivity contribution in [2.24, 2.45) is 0 Å². The second-order valence-corrected chi connectivity index (χ2v) is 4.40. The monoisotopic (exact) mass is 250 g/mol. The molecule has 0 amide bonds. The minimum absolute atomic E-state index is 0.191. The van der Waals surface area contributed by atoms with E-state index in [2.05, 4.69) is 16.9 Å². The number of rotatable bonds is 4. The fourth-order valence-electron chi connectivity index (χ4n) is 1.95. The Bertz CT molecular complexity index is 405. The highest BCUT2D eigenvalue weighted by molar-refractivity contribution is 5.89. The van der Waals surface area contributed by atoms with E-state index in [-0.39, 0.29) is 12.1 Å². The Kier molecular flexibility index (Phi) is 4.15. The van der Waals surface area contributed by atoms with Gasteiger partial charge in [0.15, 0.2) is 0 Å². The minimum Gasteiger partial charge on any atom is -0.473 e. The second-order valence-electron chi connectivity index (χ2n) is 4.40. The molecule has 1 aliphatic rings. The molecule has 0 aromatic carbocycles. The molecule has 0 N–H and O–H groups in total. The maximum atomic E-state index is 11.4. The van der Waals surface area contributed by atoms with Crippen LogP contribution in [0.1, 0.15) is 23.7 Å². The lowest BCUT2D eigenvalue weighted by atomic mass is 10.3. The molecule has 0 saturated carbocycles. The van der Waals surface area contributed by atoms with Gasteiger partial charge in [-0.1, -0.05) is 0 Å². The van der Waals surface area contributed by atoms with Crippen LogP contribution in [-0.4, -0.2) is 48.7 Å². The number of carbonyl (C=O) groups excluding carboxylic acids is 1. The van der Waals surface area contributed by atoms with Gasteiger partial charge in [-0.2, -0.15) is 0 Å². The Balaban J connectivity index is 1.93. The Morgan fingerprint density at radius 1 is 1.56 bits per heavy atom. The first-order valence-electron chi connectivity index (χ1n) is 6.17. The van der Waals surface area contributed by atoms with Crippen molar-refractivity contribution in [2.75, 3.05) is 26.7 Å². The number of nitrogens with zero attached hydrogens (tertiary/aromatic N) is 2. The largest absolute Gasteiger partial charge is 0.473 e. The molecule has 18 heavy (non-hydrogen) atoms. The topological polar surface area (TPSA) is 51.7 Å². The molecular formula is C13H18N2O3. The number of pyridine rings is 1. The SMILES string of the molecule is CCOC(=O)c1ccc(OC2CCN(C)C2)nc1. The third kappa shape index (κ3) is 3.20. The van der Waals surface area contributed by atoms with Crippen molar-refractivity contribution >= 4 is 5.97 Å². The van der Waals surface area contributed by atoms with Crippen LogP contribution in [0.2, 0.25) is 0 Å². The molecule has 1 atom stereocenters. The maximum Gasteiger partial charge on any atom is 0.339 e. The summed E-state index contributed by atoms with van der Waals surface area (Å²) in [6, 6.07) is 3.39. The van der Waals surface area contributed by atoms with E-state index in [1.807, 2.05) is 0 Å². The van der Waals surface area contributed by atoms with Gasteiger partial charge in [0, 0.05) is 25.4 Å². The van der Waals surface area contributed by atoms with Gasteiger partial charge in [0.05, 0.1) is 12.2 Å². The summed E-state index contributed by atoms with van der Waals surface area (Å²) in [4.78, 5) is 17.8. The van der Waals surface area contributed by atoms with Crippen LogP contribution in [-0.2, 0) is 4.74 Å². The molecule has 0 bridgehead atoms. The van der Waals surface area contributed by atoms with Crippen molar-refractivity contribution in [1.29, 1.82) is 0 Å². The summed E-state index contributed by atoms with van der Waals surface area (Å²) >= 11 is 0. The molecule has 5 nitrogen and oxygen atoms in total. The van der Waals surface area contributed by atoms with E-state index in [1.54, 1.807) is 19.1 Å². The molecule has 0 radical (unpaired) electrons. The molecule has 1 aliphatic heterocycles. The van der Waals surface area contributed by atoms with E-state index in [0.717, 1.165) is 19.5 Å². The predicted molar refractivity (Wildman–Crippen MR) is 66.7 cm³/mol. The van der Waals surface area contributed by atoms with Crippen molar-refractivity contribution in [3.05, 3.63) is 23.9 Å². The first kappa shape index (κ1) is 12.8. The van der Waals surface area contributed by atoms with Crippen LogP contribution in [0.5, 0.6) is 5.88 Å². The third-order valence-electron chi connectivity index (χ3n) is 2.88. The summed E-state index contributed by atoms with van der Waals surface area (Å²) in [5.41, 5.74) is 0.452. The minimum atomic E-state index is -0.350. The summed E-state index contributed by atoms with van der Waals surface area (Å²) in [6.07, 6.45) is 2.69. The first-order chi connectivity index (χ1) is 8.69. The predicted octanol–water partition coefficient (Wildman–Crippen LogP) is 1.34. The van der Waals surface area contributed by atoms with Gasteiger partial charge in [-0.25, -0.2) is 9.78 Å². The fourth-order valence-corrected chi connectivity index (χ4v) is 1.95. The number of hydrogen-bond acceptors (Lipinski definition) is 5. The van der Waals surface area contributed by atoms with Crippen molar-refractivity contribution in [3.63, 3.8) is 0 Å². The zero-order valence-corrected chi connectivity index (χ0v) is 10.8. The van der Waals surface area contributed by atoms with Gasteiger partial charge >= 0.3 is 5.97 Å². The molecule has 1 saturated heterocycles. The Morgan fingerprint density at radius 3 is 2.94 bits per heavy atom. The molecule has 0 aliphatic carbocycles.